The van der Waals surface area contributed by atoms with Gasteiger partial charge in [0.1, 0.15) is 11.9 Å². The van der Waals surface area contributed by atoms with Crippen molar-refractivity contribution < 1.29 is 12.8 Å². The molecule has 0 N–H and O–H groups in total. The minimum Gasteiger partial charge on any atom is -0.372 e. The number of hydrogen-bond donors (Lipinski definition) is 0. The predicted octanol–water partition coefficient (Wildman–Crippen LogP) is 2.79. The van der Waals surface area contributed by atoms with E-state index in [1.807, 2.05) is 11.0 Å². The van der Waals surface area contributed by atoms with Crippen LogP contribution < -0.4 is 4.90 Å². The number of sulfone groups is 1. The van der Waals surface area contributed by atoms with Crippen molar-refractivity contribution >= 4 is 15.5 Å². The molecule has 5 nitrogen and oxygen atoms in total. The molecule has 0 amide bonds. The van der Waals surface area contributed by atoms with Gasteiger partial charge in [-0.15, -0.1) is 0 Å². The van der Waals surface area contributed by atoms with Crippen LogP contribution in [0.15, 0.2) is 70.6 Å². The summed E-state index contributed by atoms with van der Waals surface area (Å²) in [6.07, 6.45) is 1.42. The molecule has 0 bridgehead atoms. The molecule has 1 heterocycles. The molecule has 1 fully saturated rings. The van der Waals surface area contributed by atoms with Crippen LogP contribution >= 0.6 is 0 Å². The van der Waals surface area contributed by atoms with Gasteiger partial charge in [0.05, 0.1) is 4.90 Å². The smallest absolute Gasteiger partial charge is 0.218 e. The number of hydrogen-bond acceptors (Lipinski definition) is 5. The molecule has 0 radical (unpaired) electrons. The van der Waals surface area contributed by atoms with Gasteiger partial charge in [-0.2, -0.15) is 5.26 Å². The Hall–Kier alpha value is -2.85. The Morgan fingerprint density at radius 2 is 1.62 bits per heavy atom. The SMILES string of the molecule is N#C/C(=C\N1CCN(c2ccc(F)cc2)CC1)S(=O)(=O)c1ccccc1. The standard InChI is InChI=1S/C19H18FN3O2S/c20-16-6-8-17(9-7-16)23-12-10-22(11-13-23)15-19(14-21)26(24,25)18-4-2-1-3-5-18/h1-9,15H,10-13H2/b19-15+. The lowest BCUT2D eigenvalue weighted by molar-refractivity contribution is 0.348. The predicted molar refractivity (Wildman–Crippen MR) is 97.5 cm³/mol. The van der Waals surface area contributed by atoms with E-state index in [0.29, 0.717) is 26.2 Å². The van der Waals surface area contributed by atoms with Crippen molar-refractivity contribution in [3.8, 4) is 6.07 Å². The zero-order chi connectivity index (χ0) is 18.6. The van der Waals surface area contributed by atoms with Crippen LogP contribution in [-0.4, -0.2) is 39.5 Å². The van der Waals surface area contributed by atoms with Crippen LogP contribution in [0.1, 0.15) is 0 Å². The highest BCUT2D eigenvalue weighted by Crippen LogP contribution is 2.21. The van der Waals surface area contributed by atoms with E-state index in [1.165, 1.54) is 30.5 Å². The fraction of sp³-hybridized carbons (Fsp3) is 0.211. The molecule has 0 unspecified atom stereocenters. The summed E-state index contributed by atoms with van der Waals surface area (Å²) in [5, 5.41) is 9.34. The summed E-state index contributed by atoms with van der Waals surface area (Å²) in [6, 6.07) is 16.0. The van der Waals surface area contributed by atoms with E-state index in [1.54, 1.807) is 30.3 Å². The third-order valence-corrected chi connectivity index (χ3v) is 5.93. The molecule has 26 heavy (non-hydrogen) atoms. The van der Waals surface area contributed by atoms with Crippen molar-refractivity contribution in [3.63, 3.8) is 0 Å². The lowest BCUT2D eigenvalue weighted by Crippen LogP contribution is -2.44. The topological polar surface area (TPSA) is 64.4 Å². The maximum atomic E-state index is 13.0. The van der Waals surface area contributed by atoms with Gasteiger partial charge in [-0.05, 0) is 36.4 Å². The molecule has 0 atom stereocenters. The van der Waals surface area contributed by atoms with Crippen LogP contribution in [0, 0.1) is 17.1 Å². The molecule has 2 aromatic carbocycles. The van der Waals surface area contributed by atoms with Crippen molar-refractivity contribution in [1.82, 2.24) is 4.90 Å². The maximum Gasteiger partial charge on any atom is 0.218 e. The molecule has 1 saturated heterocycles. The fourth-order valence-electron chi connectivity index (χ4n) is 2.81. The number of piperazine rings is 1. The molecule has 7 heteroatoms. The zero-order valence-corrected chi connectivity index (χ0v) is 14.9. The summed E-state index contributed by atoms with van der Waals surface area (Å²) in [7, 11) is -3.82. The van der Waals surface area contributed by atoms with E-state index in [-0.39, 0.29) is 15.6 Å². The Bertz CT molecular complexity index is 927. The minimum atomic E-state index is -3.82. The van der Waals surface area contributed by atoms with Crippen LogP contribution in [0.25, 0.3) is 0 Å². The van der Waals surface area contributed by atoms with Crippen LogP contribution in [0.2, 0.25) is 0 Å². The summed E-state index contributed by atoms with van der Waals surface area (Å²) >= 11 is 0. The number of rotatable bonds is 4. The highest BCUT2D eigenvalue weighted by molar-refractivity contribution is 7.95. The summed E-state index contributed by atoms with van der Waals surface area (Å²) in [5.74, 6) is -0.278. The molecule has 1 aliphatic heterocycles. The minimum absolute atomic E-state index is 0.109. The van der Waals surface area contributed by atoms with E-state index in [0.717, 1.165) is 5.69 Å². The highest BCUT2D eigenvalue weighted by atomic mass is 32.2. The van der Waals surface area contributed by atoms with E-state index < -0.39 is 9.84 Å². The van der Waals surface area contributed by atoms with Crippen molar-refractivity contribution in [1.29, 1.82) is 5.26 Å². The van der Waals surface area contributed by atoms with Crippen LogP contribution in [0.5, 0.6) is 0 Å². The third kappa shape index (κ3) is 3.86. The Morgan fingerprint density at radius 1 is 1.00 bits per heavy atom. The van der Waals surface area contributed by atoms with Crippen molar-refractivity contribution in [2.45, 2.75) is 4.90 Å². The molecule has 0 spiro atoms. The van der Waals surface area contributed by atoms with Gasteiger partial charge < -0.3 is 9.80 Å². The van der Waals surface area contributed by atoms with E-state index in [9.17, 15) is 18.1 Å². The number of nitrogens with zero attached hydrogens (tertiary/aromatic N) is 3. The average Bonchev–Trinajstić information content (AvgIpc) is 2.68. The van der Waals surface area contributed by atoms with E-state index in [4.69, 9.17) is 0 Å². The Balaban J connectivity index is 1.72. The van der Waals surface area contributed by atoms with Crippen molar-refractivity contribution in [2.75, 3.05) is 31.1 Å². The van der Waals surface area contributed by atoms with Gasteiger partial charge in [0.2, 0.25) is 9.84 Å². The van der Waals surface area contributed by atoms with Gasteiger partial charge in [0.25, 0.3) is 0 Å². The Kier molecular flexibility index (Phi) is 5.24. The highest BCUT2D eigenvalue weighted by Gasteiger charge is 2.23. The molecular formula is C19H18FN3O2S. The maximum absolute atomic E-state index is 13.0. The van der Waals surface area contributed by atoms with Gasteiger partial charge >= 0.3 is 0 Å². The first-order valence-electron chi connectivity index (χ1n) is 8.17. The number of nitriles is 1. The first kappa shape index (κ1) is 18.0. The monoisotopic (exact) mass is 371 g/mol. The second-order valence-corrected chi connectivity index (χ2v) is 7.84. The summed E-state index contributed by atoms with van der Waals surface area (Å²) in [5.41, 5.74) is 0.924. The first-order chi connectivity index (χ1) is 12.5. The lowest BCUT2D eigenvalue weighted by Gasteiger charge is -2.35. The van der Waals surface area contributed by atoms with Crippen LogP contribution in [0.4, 0.5) is 10.1 Å². The number of allylic oxidation sites excluding steroid dienone is 1. The molecule has 134 valence electrons. The van der Waals surface area contributed by atoms with Gasteiger partial charge in [-0.25, -0.2) is 12.8 Å². The second-order valence-electron chi connectivity index (χ2n) is 5.92. The van der Waals surface area contributed by atoms with Gasteiger partial charge in [0.15, 0.2) is 4.91 Å². The van der Waals surface area contributed by atoms with E-state index in [2.05, 4.69) is 4.90 Å². The first-order valence-corrected chi connectivity index (χ1v) is 9.65. The number of anilines is 1. The second kappa shape index (κ2) is 7.58. The van der Waals surface area contributed by atoms with Crippen molar-refractivity contribution in [2.24, 2.45) is 0 Å². The molecule has 3 rings (SSSR count). The fourth-order valence-corrected chi connectivity index (χ4v) is 3.99. The van der Waals surface area contributed by atoms with Gasteiger partial charge in [-0.3, -0.25) is 0 Å². The van der Waals surface area contributed by atoms with Crippen LogP contribution in [0.3, 0.4) is 0 Å². The molecule has 0 saturated carbocycles. The normalized spacial score (nSPS) is 15.6. The third-order valence-electron chi connectivity index (χ3n) is 4.26. The van der Waals surface area contributed by atoms with E-state index >= 15 is 0 Å². The van der Waals surface area contributed by atoms with Crippen LogP contribution in [-0.2, 0) is 9.84 Å². The molecule has 0 aliphatic carbocycles. The summed E-state index contributed by atoms with van der Waals surface area (Å²) in [4.78, 5) is 3.78. The summed E-state index contributed by atoms with van der Waals surface area (Å²) in [6.45, 7) is 2.47. The molecule has 1 aliphatic rings. The molecule has 2 aromatic rings. The number of halogens is 1. The Labute approximate surface area is 152 Å². The average molecular weight is 371 g/mol. The number of benzene rings is 2. The largest absolute Gasteiger partial charge is 0.372 e. The van der Waals surface area contributed by atoms with Gasteiger partial charge in [-0.1, -0.05) is 18.2 Å². The van der Waals surface area contributed by atoms with Crippen molar-refractivity contribution in [3.05, 3.63) is 71.5 Å². The quantitative estimate of drug-likeness (QED) is 0.774. The molecular weight excluding hydrogens is 353 g/mol. The summed E-state index contributed by atoms with van der Waals surface area (Å²) < 4.78 is 38.2. The zero-order valence-electron chi connectivity index (χ0n) is 14.0. The Morgan fingerprint density at radius 3 is 2.19 bits per heavy atom. The lowest BCUT2D eigenvalue weighted by atomic mass is 10.2. The molecule has 0 aromatic heterocycles. The van der Waals surface area contributed by atoms with Gasteiger partial charge in [0, 0.05) is 38.1 Å².